The summed E-state index contributed by atoms with van der Waals surface area (Å²) >= 11 is 0. The summed E-state index contributed by atoms with van der Waals surface area (Å²) in [6.07, 6.45) is 4.02. The van der Waals surface area contributed by atoms with Gasteiger partial charge < -0.3 is 15.5 Å². The summed E-state index contributed by atoms with van der Waals surface area (Å²) in [7, 11) is 3.99. The maximum absolute atomic E-state index is 11.2. The lowest BCUT2D eigenvalue weighted by Crippen LogP contribution is -2.37. The number of nitro benzene ring substituents is 1. The van der Waals surface area contributed by atoms with Crippen LogP contribution in [-0.2, 0) is 6.54 Å². The van der Waals surface area contributed by atoms with Crippen molar-refractivity contribution in [3.05, 3.63) is 64.2 Å². The fourth-order valence-corrected chi connectivity index (χ4v) is 4.18. The van der Waals surface area contributed by atoms with Gasteiger partial charge in [0, 0.05) is 49.7 Å². The fourth-order valence-electron chi connectivity index (χ4n) is 4.18. The number of anilines is 2. The van der Waals surface area contributed by atoms with Crippen LogP contribution in [0.25, 0.3) is 10.9 Å². The number of aromatic nitrogens is 2. The SMILES string of the molecule is CN(C)c1nc(N[C@H]2CC[C@@H](NCc3ccccc3[N+](=O)[O-])CC2)nc2ccccc12. The molecule has 0 bridgehead atoms. The molecule has 1 aliphatic rings. The van der Waals surface area contributed by atoms with E-state index in [-0.39, 0.29) is 10.6 Å². The minimum absolute atomic E-state index is 0.176. The molecular weight excluding hydrogens is 392 g/mol. The van der Waals surface area contributed by atoms with Crippen molar-refractivity contribution in [3.8, 4) is 0 Å². The summed E-state index contributed by atoms with van der Waals surface area (Å²) in [6, 6.07) is 15.7. The average molecular weight is 421 g/mol. The van der Waals surface area contributed by atoms with Crippen LogP contribution in [0.2, 0.25) is 0 Å². The van der Waals surface area contributed by atoms with Gasteiger partial charge in [-0.1, -0.05) is 30.3 Å². The summed E-state index contributed by atoms with van der Waals surface area (Å²) < 4.78 is 0. The highest BCUT2D eigenvalue weighted by atomic mass is 16.6. The molecular formula is C23H28N6O2. The topological polar surface area (TPSA) is 96.2 Å². The Hall–Kier alpha value is -3.26. The Morgan fingerprint density at radius 3 is 2.42 bits per heavy atom. The number of para-hydroxylation sites is 2. The van der Waals surface area contributed by atoms with Crippen molar-refractivity contribution >= 4 is 28.4 Å². The molecule has 0 unspecified atom stereocenters. The first-order chi connectivity index (χ1) is 15.0. The van der Waals surface area contributed by atoms with Gasteiger partial charge in [-0.25, -0.2) is 4.98 Å². The number of benzene rings is 2. The monoisotopic (exact) mass is 420 g/mol. The lowest BCUT2D eigenvalue weighted by Gasteiger charge is -2.30. The van der Waals surface area contributed by atoms with Crippen LogP contribution in [-0.4, -0.2) is 41.1 Å². The lowest BCUT2D eigenvalue weighted by atomic mass is 9.91. The molecule has 1 aliphatic carbocycles. The maximum Gasteiger partial charge on any atom is 0.273 e. The maximum atomic E-state index is 11.2. The molecule has 0 spiro atoms. The normalized spacial score (nSPS) is 18.6. The minimum atomic E-state index is -0.316. The van der Waals surface area contributed by atoms with Gasteiger partial charge in [-0.3, -0.25) is 10.1 Å². The molecule has 0 amide bonds. The molecule has 0 aliphatic heterocycles. The molecule has 162 valence electrons. The molecule has 3 aromatic rings. The first-order valence-electron chi connectivity index (χ1n) is 10.7. The van der Waals surface area contributed by atoms with Crippen LogP contribution >= 0.6 is 0 Å². The van der Waals surface area contributed by atoms with E-state index < -0.39 is 0 Å². The average Bonchev–Trinajstić information content (AvgIpc) is 2.78. The van der Waals surface area contributed by atoms with Crippen LogP contribution in [0.3, 0.4) is 0 Å². The van der Waals surface area contributed by atoms with Gasteiger partial charge in [0.1, 0.15) is 5.82 Å². The predicted molar refractivity (Wildman–Crippen MR) is 123 cm³/mol. The third kappa shape index (κ3) is 4.91. The molecule has 1 aromatic heterocycles. The Labute approximate surface area is 181 Å². The third-order valence-corrected chi connectivity index (χ3v) is 5.84. The Kier molecular flexibility index (Phi) is 6.27. The molecule has 0 atom stereocenters. The quantitative estimate of drug-likeness (QED) is 0.438. The first kappa shape index (κ1) is 21.0. The highest BCUT2D eigenvalue weighted by Gasteiger charge is 2.23. The van der Waals surface area contributed by atoms with Crippen LogP contribution in [0.4, 0.5) is 17.5 Å². The summed E-state index contributed by atoms with van der Waals surface area (Å²) in [5.74, 6) is 1.58. The largest absolute Gasteiger partial charge is 0.362 e. The summed E-state index contributed by atoms with van der Waals surface area (Å²) in [5, 5.41) is 19.3. The Morgan fingerprint density at radius 2 is 1.68 bits per heavy atom. The molecule has 1 saturated carbocycles. The third-order valence-electron chi connectivity index (χ3n) is 5.84. The van der Waals surface area contributed by atoms with Crippen molar-refractivity contribution in [2.75, 3.05) is 24.3 Å². The molecule has 1 heterocycles. The number of hydrogen-bond donors (Lipinski definition) is 2. The van der Waals surface area contributed by atoms with Gasteiger partial charge in [-0.15, -0.1) is 0 Å². The van der Waals surface area contributed by atoms with Crippen LogP contribution in [0.15, 0.2) is 48.5 Å². The second-order valence-electron chi connectivity index (χ2n) is 8.24. The van der Waals surface area contributed by atoms with Gasteiger partial charge in [0.05, 0.1) is 10.4 Å². The zero-order valence-corrected chi connectivity index (χ0v) is 17.9. The Morgan fingerprint density at radius 1 is 1.00 bits per heavy atom. The molecule has 31 heavy (non-hydrogen) atoms. The summed E-state index contributed by atoms with van der Waals surface area (Å²) in [4.78, 5) is 22.3. The smallest absolute Gasteiger partial charge is 0.273 e. The Balaban J connectivity index is 1.35. The van der Waals surface area contributed by atoms with Crippen molar-refractivity contribution in [2.24, 2.45) is 0 Å². The summed E-state index contributed by atoms with van der Waals surface area (Å²) in [6.45, 7) is 0.514. The van der Waals surface area contributed by atoms with E-state index in [0.29, 0.717) is 24.6 Å². The van der Waals surface area contributed by atoms with Gasteiger partial charge in [-0.05, 0) is 37.8 Å². The molecule has 2 N–H and O–H groups in total. The van der Waals surface area contributed by atoms with Gasteiger partial charge in [0.25, 0.3) is 5.69 Å². The van der Waals surface area contributed by atoms with E-state index >= 15 is 0 Å². The van der Waals surface area contributed by atoms with Crippen molar-refractivity contribution in [1.29, 1.82) is 0 Å². The van der Waals surface area contributed by atoms with E-state index in [0.717, 1.165) is 48.0 Å². The molecule has 4 rings (SSSR count). The highest BCUT2D eigenvalue weighted by molar-refractivity contribution is 5.90. The second kappa shape index (κ2) is 9.26. The minimum Gasteiger partial charge on any atom is -0.362 e. The van der Waals surface area contributed by atoms with Gasteiger partial charge in [0.2, 0.25) is 5.95 Å². The van der Waals surface area contributed by atoms with E-state index in [9.17, 15) is 10.1 Å². The first-order valence-corrected chi connectivity index (χ1v) is 10.7. The fraction of sp³-hybridized carbons (Fsp3) is 0.391. The second-order valence-corrected chi connectivity index (χ2v) is 8.24. The molecule has 8 nitrogen and oxygen atoms in total. The number of fused-ring (bicyclic) bond motifs is 1. The van der Waals surface area contributed by atoms with Gasteiger partial charge in [0.15, 0.2) is 0 Å². The predicted octanol–water partition coefficient (Wildman–Crippen LogP) is 4.12. The van der Waals surface area contributed by atoms with Crippen LogP contribution in [0, 0.1) is 10.1 Å². The van der Waals surface area contributed by atoms with Crippen molar-refractivity contribution in [1.82, 2.24) is 15.3 Å². The standard InChI is InChI=1S/C23H28N6O2/c1-28(2)22-19-8-4-5-9-20(19)26-23(27-22)25-18-13-11-17(12-14-18)24-15-16-7-3-6-10-21(16)29(30)31/h3-10,17-18,24H,11-15H2,1-2H3,(H,25,26,27)/t17-,18+. The number of nitrogens with one attached hydrogen (secondary N) is 2. The van der Waals surface area contributed by atoms with E-state index in [4.69, 9.17) is 9.97 Å². The van der Waals surface area contributed by atoms with Gasteiger partial charge >= 0.3 is 0 Å². The van der Waals surface area contributed by atoms with Gasteiger partial charge in [-0.2, -0.15) is 4.98 Å². The Bertz CT molecular complexity index is 1060. The van der Waals surface area contributed by atoms with Crippen molar-refractivity contribution < 1.29 is 4.92 Å². The van der Waals surface area contributed by atoms with E-state index in [1.807, 2.05) is 55.4 Å². The molecule has 2 aromatic carbocycles. The molecule has 8 heteroatoms. The highest BCUT2D eigenvalue weighted by Crippen LogP contribution is 2.27. The zero-order chi connectivity index (χ0) is 21.8. The molecule has 0 radical (unpaired) electrons. The number of hydrogen-bond acceptors (Lipinski definition) is 7. The van der Waals surface area contributed by atoms with Crippen LogP contribution in [0.5, 0.6) is 0 Å². The lowest BCUT2D eigenvalue weighted by molar-refractivity contribution is -0.385. The summed E-state index contributed by atoms with van der Waals surface area (Å²) in [5.41, 5.74) is 1.84. The molecule has 0 saturated heterocycles. The zero-order valence-electron chi connectivity index (χ0n) is 17.9. The van der Waals surface area contributed by atoms with E-state index in [1.54, 1.807) is 12.1 Å². The number of rotatable bonds is 7. The van der Waals surface area contributed by atoms with Crippen molar-refractivity contribution in [3.63, 3.8) is 0 Å². The van der Waals surface area contributed by atoms with Crippen LogP contribution < -0.4 is 15.5 Å². The van der Waals surface area contributed by atoms with E-state index in [1.165, 1.54) is 0 Å². The number of nitrogens with zero attached hydrogens (tertiary/aromatic N) is 4. The molecule has 1 fully saturated rings. The van der Waals surface area contributed by atoms with E-state index in [2.05, 4.69) is 10.6 Å². The van der Waals surface area contributed by atoms with Crippen molar-refractivity contribution in [2.45, 2.75) is 44.3 Å². The van der Waals surface area contributed by atoms with Crippen LogP contribution in [0.1, 0.15) is 31.2 Å². The number of nitro groups is 1.